The van der Waals surface area contributed by atoms with Crippen molar-refractivity contribution in [3.8, 4) is 0 Å². The second-order valence-corrected chi connectivity index (χ2v) is 5.96. The third-order valence-electron chi connectivity index (χ3n) is 3.49. The molecule has 1 aliphatic rings. The zero-order valence-electron chi connectivity index (χ0n) is 11.3. The molecule has 1 fully saturated rings. The van der Waals surface area contributed by atoms with Crippen LogP contribution in [0, 0.1) is 5.82 Å². The number of rotatable bonds is 4. The maximum absolute atomic E-state index is 13.4. The first kappa shape index (κ1) is 14.9. The number of halogens is 2. The highest BCUT2D eigenvalue weighted by Gasteiger charge is 2.25. The summed E-state index contributed by atoms with van der Waals surface area (Å²) in [5, 5.41) is 3.29. The number of hydrogen-bond acceptors (Lipinski definition) is 3. The molecule has 5 heteroatoms. The molecule has 1 aromatic carbocycles. The molecule has 0 amide bonds. The summed E-state index contributed by atoms with van der Waals surface area (Å²) in [6, 6.07) is 5.21. The van der Waals surface area contributed by atoms with Crippen LogP contribution in [0.4, 0.5) is 4.39 Å². The number of ether oxygens (including phenoxy) is 1. The molecular formula is C14H20BrFN2O. The summed E-state index contributed by atoms with van der Waals surface area (Å²) in [6.07, 6.45) is 0.900. The quantitative estimate of drug-likeness (QED) is 0.914. The van der Waals surface area contributed by atoms with E-state index in [2.05, 4.69) is 33.2 Å². The first-order valence-electron chi connectivity index (χ1n) is 6.51. The standard InChI is InChI=1S/C14H20BrFN2O/c1-17-13(14-9-18(2)3-4-19-14)7-10-5-11(15)8-12(16)6-10/h5-6,8,13-14,17H,3-4,7,9H2,1-2H3. The van der Waals surface area contributed by atoms with Gasteiger partial charge in [-0.1, -0.05) is 15.9 Å². The van der Waals surface area contributed by atoms with Crippen molar-refractivity contribution in [3.63, 3.8) is 0 Å². The van der Waals surface area contributed by atoms with Crippen molar-refractivity contribution in [2.24, 2.45) is 0 Å². The highest BCUT2D eigenvalue weighted by molar-refractivity contribution is 9.10. The van der Waals surface area contributed by atoms with Crippen molar-refractivity contribution >= 4 is 15.9 Å². The van der Waals surface area contributed by atoms with E-state index in [1.165, 1.54) is 6.07 Å². The van der Waals surface area contributed by atoms with Crippen LogP contribution in [0.2, 0.25) is 0 Å². The Kier molecular flexibility index (Phi) is 5.33. The largest absolute Gasteiger partial charge is 0.374 e. The van der Waals surface area contributed by atoms with Crippen LogP contribution in [0.1, 0.15) is 5.56 Å². The number of likely N-dealkylation sites (N-methyl/N-ethyl adjacent to an activating group) is 2. The van der Waals surface area contributed by atoms with Crippen LogP contribution >= 0.6 is 15.9 Å². The topological polar surface area (TPSA) is 24.5 Å². The Morgan fingerprint density at radius 3 is 2.95 bits per heavy atom. The van der Waals surface area contributed by atoms with Gasteiger partial charge in [0.15, 0.2) is 0 Å². The van der Waals surface area contributed by atoms with Gasteiger partial charge in [0.25, 0.3) is 0 Å². The normalized spacial score (nSPS) is 22.4. The third-order valence-corrected chi connectivity index (χ3v) is 3.95. The van der Waals surface area contributed by atoms with Crippen LogP contribution in [0.5, 0.6) is 0 Å². The summed E-state index contributed by atoms with van der Waals surface area (Å²) in [5.74, 6) is -0.207. The fourth-order valence-electron chi connectivity index (χ4n) is 2.46. The van der Waals surface area contributed by atoms with Gasteiger partial charge in [-0.15, -0.1) is 0 Å². The Morgan fingerprint density at radius 1 is 1.53 bits per heavy atom. The summed E-state index contributed by atoms with van der Waals surface area (Å²) in [5.41, 5.74) is 0.975. The van der Waals surface area contributed by atoms with Crippen molar-refractivity contribution < 1.29 is 9.13 Å². The molecule has 0 aliphatic carbocycles. The minimum absolute atomic E-state index is 0.144. The van der Waals surface area contributed by atoms with Crippen LogP contribution in [0.3, 0.4) is 0 Å². The maximum atomic E-state index is 13.4. The van der Waals surface area contributed by atoms with Gasteiger partial charge < -0.3 is 15.0 Å². The summed E-state index contributed by atoms with van der Waals surface area (Å²) >= 11 is 3.33. The lowest BCUT2D eigenvalue weighted by Gasteiger charge is -2.35. The SMILES string of the molecule is CNC(Cc1cc(F)cc(Br)c1)C1CN(C)CCO1. The minimum atomic E-state index is -0.207. The van der Waals surface area contributed by atoms with Crippen LogP contribution in [-0.4, -0.2) is 50.8 Å². The van der Waals surface area contributed by atoms with Gasteiger partial charge in [0, 0.05) is 23.6 Å². The van der Waals surface area contributed by atoms with Gasteiger partial charge in [-0.05, 0) is 44.3 Å². The molecule has 2 atom stereocenters. The Bertz CT molecular complexity index is 410. The van der Waals surface area contributed by atoms with Crippen LogP contribution in [0.15, 0.2) is 22.7 Å². The summed E-state index contributed by atoms with van der Waals surface area (Å²) < 4.78 is 20.0. The highest BCUT2D eigenvalue weighted by atomic mass is 79.9. The number of benzene rings is 1. The van der Waals surface area contributed by atoms with E-state index in [9.17, 15) is 4.39 Å². The van der Waals surface area contributed by atoms with Crippen LogP contribution in [0.25, 0.3) is 0 Å². The third kappa shape index (κ3) is 4.24. The molecule has 19 heavy (non-hydrogen) atoms. The molecule has 2 unspecified atom stereocenters. The Morgan fingerprint density at radius 2 is 2.32 bits per heavy atom. The summed E-state index contributed by atoms with van der Waals surface area (Å²) in [7, 11) is 4.03. The van der Waals surface area contributed by atoms with E-state index in [-0.39, 0.29) is 18.0 Å². The number of morpholine rings is 1. The first-order chi connectivity index (χ1) is 9.08. The Hall–Kier alpha value is -0.490. The molecule has 1 aromatic rings. The van der Waals surface area contributed by atoms with E-state index >= 15 is 0 Å². The van der Waals surface area contributed by atoms with E-state index in [0.29, 0.717) is 0 Å². The van der Waals surface area contributed by atoms with E-state index in [1.54, 1.807) is 6.07 Å². The molecular weight excluding hydrogens is 311 g/mol. The molecule has 0 radical (unpaired) electrons. The fourth-order valence-corrected chi connectivity index (χ4v) is 2.97. The lowest BCUT2D eigenvalue weighted by Crippen LogP contribution is -2.51. The maximum Gasteiger partial charge on any atom is 0.124 e. The average molecular weight is 331 g/mol. The smallest absolute Gasteiger partial charge is 0.124 e. The zero-order chi connectivity index (χ0) is 13.8. The molecule has 1 heterocycles. The van der Waals surface area contributed by atoms with Crippen LogP contribution < -0.4 is 5.32 Å². The summed E-state index contributed by atoms with van der Waals surface area (Å²) in [4.78, 5) is 2.26. The van der Waals surface area contributed by atoms with Gasteiger partial charge >= 0.3 is 0 Å². The predicted octanol–water partition coefficient (Wildman–Crippen LogP) is 2.05. The lowest BCUT2D eigenvalue weighted by molar-refractivity contribution is -0.0372. The molecule has 1 N–H and O–H groups in total. The molecule has 0 spiro atoms. The lowest BCUT2D eigenvalue weighted by atomic mass is 10.00. The van der Waals surface area contributed by atoms with Gasteiger partial charge in [0.2, 0.25) is 0 Å². The molecule has 3 nitrogen and oxygen atoms in total. The molecule has 106 valence electrons. The van der Waals surface area contributed by atoms with Crippen molar-refractivity contribution in [1.29, 1.82) is 0 Å². The Balaban J connectivity index is 2.05. The van der Waals surface area contributed by atoms with Crippen molar-refractivity contribution in [1.82, 2.24) is 10.2 Å². The zero-order valence-corrected chi connectivity index (χ0v) is 12.9. The van der Waals surface area contributed by atoms with E-state index in [4.69, 9.17) is 4.74 Å². The average Bonchev–Trinajstić information content (AvgIpc) is 2.34. The fraction of sp³-hybridized carbons (Fsp3) is 0.571. The van der Waals surface area contributed by atoms with E-state index < -0.39 is 0 Å². The van der Waals surface area contributed by atoms with E-state index in [1.807, 2.05) is 13.1 Å². The molecule has 2 rings (SSSR count). The first-order valence-corrected chi connectivity index (χ1v) is 7.30. The van der Waals surface area contributed by atoms with Gasteiger partial charge in [-0.2, -0.15) is 0 Å². The molecule has 0 aromatic heterocycles. The molecule has 0 saturated carbocycles. The van der Waals surface area contributed by atoms with Gasteiger partial charge in [-0.25, -0.2) is 4.39 Å². The van der Waals surface area contributed by atoms with Crippen molar-refractivity contribution in [3.05, 3.63) is 34.1 Å². The molecule has 1 saturated heterocycles. The predicted molar refractivity (Wildman–Crippen MR) is 77.9 cm³/mol. The van der Waals surface area contributed by atoms with Gasteiger partial charge in [0.05, 0.1) is 12.7 Å². The number of nitrogens with one attached hydrogen (secondary N) is 1. The molecule has 1 aliphatic heterocycles. The van der Waals surface area contributed by atoms with Gasteiger partial charge in [-0.3, -0.25) is 0 Å². The second kappa shape index (κ2) is 6.79. The summed E-state index contributed by atoms with van der Waals surface area (Å²) in [6.45, 7) is 2.63. The number of hydrogen-bond donors (Lipinski definition) is 1. The van der Waals surface area contributed by atoms with Crippen molar-refractivity contribution in [2.75, 3.05) is 33.8 Å². The van der Waals surface area contributed by atoms with Gasteiger partial charge in [0.1, 0.15) is 5.82 Å². The van der Waals surface area contributed by atoms with Crippen LogP contribution in [-0.2, 0) is 11.2 Å². The minimum Gasteiger partial charge on any atom is -0.374 e. The highest BCUT2D eigenvalue weighted by Crippen LogP contribution is 2.18. The second-order valence-electron chi connectivity index (χ2n) is 5.05. The number of nitrogens with zero attached hydrogens (tertiary/aromatic N) is 1. The molecule has 0 bridgehead atoms. The van der Waals surface area contributed by atoms with E-state index in [0.717, 1.165) is 36.2 Å². The monoisotopic (exact) mass is 330 g/mol. The Labute approximate surface area is 122 Å². The van der Waals surface area contributed by atoms with Crippen molar-refractivity contribution in [2.45, 2.75) is 18.6 Å².